The summed E-state index contributed by atoms with van der Waals surface area (Å²) >= 11 is 12.3. The smallest absolute Gasteiger partial charge is 0.148 e. The molecule has 0 radical (unpaired) electrons. The molecule has 0 aliphatic rings. The summed E-state index contributed by atoms with van der Waals surface area (Å²) in [5, 5.41) is -0.0854. The number of nitrogens with zero attached hydrogens (tertiary/aromatic N) is 3. The Morgan fingerprint density at radius 3 is 2.80 bits per heavy atom. The maximum absolute atomic E-state index is 14.2. The van der Waals surface area contributed by atoms with Crippen molar-refractivity contribution in [1.29, 1.82) is 0 Å². The summed E-state index contributed by atoms with van der Waals surface area (Å²) in [6.07, 6.45) is 3.24. The van der Waals surface area contributed by atoms with Gasteiger partial charge in [0, 0.05) is 6.20 Å². The third kappa shape index (κ3) is 2.05. The highest BCUT2D eigenvalue weighted by Gasteiger charge is 2.20. The van der Waals surface area contributed by atoms with Crippen LogP contribution < -0.4 is 0 Å². The molecular weight excluding hydrogens is 300 g/mol. The third-order valence-corrected chi connectivity index (χ3v) is 3.50. The van der Waals surface area contributed by atoms with Gasteiger partial charge in [0.15, 0.2) is 0 Å². The first kappa shape index (κ1) is 13.3. The lowest BCUT2D eigenvalue weighted by atomic mass is 10.2. The Kier molecular flexibility index (Phi) is 3.36. The molecule has 6 heteroatoms. The maximum Gasteiger partial charge on any atom is 0.148 e. The van der Waals surface area contributed by atoms with Gasteiger partial charge in [0.2, 0.25) is 0 Å². The van der Waals surface area contributed by atoms with E-state index in [0.29, 0.717) is 16.4 Å². The van der Waals surface area contributed by atoms with Gasteiger partial charge in [0.05, 0.1) is 22.1 Å². The van der Waals surface area contributed by atoms with E-state index in [-0.39, 0.29) is 5.69 Å². The number of imidazole rings is 1. The van der Waals surface area contributed by atoms with E-state index in [1.165, 1.54) is 6.07 Å². The number of fused-ring (bicyclic) bond motifs is 1. The zero-order chi connectivity index (χ0) is 14.3. The van der Waals surface area contributed by atoms with Crippen LogP contribution in [-0.4, -0.2) is 14.5 Å². The number of para-hydroxylation sites is 1. The van der Waals surface area contributed by atoms with Gasteiger partial charge in [-0.3, -0.25) is 9.55 Å². The van der Waals surface area contributed by atoms with Crippen LogP contribution >= 0.6 is 23.2 Å². The van der Waals surface area contributed by atoms with E-state index in [1.807, 2.05) is 0 Å². The van der Waals surface area contributed by atoms with Crippen molar-refractivity contribution >= 4 is 34.2 Å². The highest BCUT2D eigenvalue weighted by atomic mass is 35.5. The largest absolute Gasteiger partial charge is 0.291 e. The topological polar surface area (TPSA) is 30.7 Å². The number of pyridine rings is 1. The van der Waals surface area contributed by atoms with Crippen molar-refractivity contribution in [1.82, 2.24) is 14.5 Å². The Labute approximate surface area is 125 Å². The molecule has 0 aliphatic carbocycles. The number of halogens is 3. The number of hydrogen-bond acceptors (Lipinski definition) is 2. The van der Waals surface area contributed by atoms with Crippen molar-refractivity contribution in [3.05, 3.63) is 53.3 Å². The van der Waals surface area contributed by atoms with Gasteiger partial charge in [0.25, 0.3) is 0 Å². The van der Waals surface area contributed by atoms with Gasteiger partial charge in [-0.05, 0) is 25.1 Å². The minimum Gasteiger partial charge on any atom is -0.291 e. The normalized spacial score (nSPS) is 12.8. The Balaban J connectivity index is 2.43. The molecule has 0 fully saturated rings. The monoisotopic (exact) mass is 309 g/mol. The second-order valence-electron chi connectivity index (χ2n) is 4.36. The van der Waals surface area contributed by atoms with Crippen LogP contribution in [0.4, 0.5) is 4.39 Å². The fourth-order valence-corrected chi connectivity index (χ4v) is 2.55. The maximum atomic E-state index is 14.2. The third-order valence-electron chi connectivity index (χ3n) is 3.00. The first-order valence-corrected chi connectivity index (χ1v) is 6.82. The predicted octanol–water partition coefficient (Wildman–Crippen LogP) is 4.51. The summed E-state index contributed by atoms with van der Waals surface area (Å²) in [4.78, 5) is 8.43. The fourth-order valence-electron chi connectivity index (χ4n) is 2.16. The standard InChI is InChI=1S/C14H10Cl2FN3/c1-8(15)14-19-11-7-18-6-5-12(11)20(14)13-9(16)3-2-4-10(13)17/h2-8H,1H3. The SMILES string of the molecule is CC(Cl)c1nc2cnccc2n1-c1c(F)cccc1Cl. The first-order valence-electron chi connectivity index (χ1n) is 6.00. The van der Waals surface area contributed by atoms with Gasteiger partial charge in [-0.1, -0.05) is 17.7 Å². The first-order chi connectivity index (χ1) is 9.59. The fraction of sp³-hybridized carbons (Fsp3) is 0.143. The Morgan fingerprint density at radius 2 is 2.10 bits per heavy atom. The predicted molar refractivity (Wildman–Crippen MR) is 78.1 cm³/mol. The van der Waals surface area contributed by atoms with E-state index in [1.54, 1.807) is 42.1 Å². The molecule has 1 unspecified atom stereocenters. The van der Waals surface area contributed by atoms with Crippen LogP contribution in [0.25, 0.3) is 16.7 Å². The Bertz CT molecular complexity index is 763. The number of aromatic nitrogens is 3. The molecule has 2 heterocycles. The zero-order valence-corrected chi connectivity index (χ0v) is 12.0. The van der Waals surface area contributed by atoms with E-state index < -0.39 is 11.2 Å². The van der Waals surface area contributed by atoms with Gasteiger partial charge in [-0.25, -0.2) is 9.37 Å². The van der Waals surface area contributed by atoms with Crippen LogP contribution in [0.15, 0.2) is 36.7 Å². The number of benzene rings is 1. The highest BCUT2D eigenvalue weighted by molar-refractivity contribution is 6.32. The van der Waals surface area contributed by atoms with Gasteiger partial charge < -0.3 is 0 Å². The average Bonchev–Trinajstić information content (AvgIpc) is 2.78. The second-order valence-corrected chi connectivity index (χ2v) is 5.42. The molecule has 0 saturated heterocycles. The average molecular weight is 310 g/mol. The van der Waals surface area contributed by atoms with Crippen LogP contribution in [-0.2, 0) is 0 Å². The minimum atomic E-state index is -0.424. The Morgan fingerprint density at radius 1 is 1.30 bits per heavy atom. The quantitative estimate of drug-likeness (QED) is 0.652. The van der Waals surface area contributed by atoms with Crippen molar-refractivity contribution in [3.63, 3.8) is 0 Å². The van der Waals surface area contributed by atoms with E-state index in [0.717, 1.165) is 5.52 Å². The van der Waals surface area contributed by atoms with Crippen LogP contribution in [0.3, 0.4) is 0 Å². The summed E-state index contributed by atoms with van der Waals surface area (Å²) in [5.41, 5.74) is 1.62. The molecule has 0 saturated carbocycles. The molecule has 1 aromatic carbocycles. The van der Waals surface area contributed by atoms with Crippen LogP contribution in [0.1, 0.15) is 18.1 Å². The molecule has 3 rings (SSSR count). The van der Waals surface area contributed by atoms with E-state index >= 15 is 0 Å². The molecule has 0 bridgehead atoms. The molecule has 20 heavy (non-hydrogen) atoms. The summed E-state index contributed by atoms with van der Waals surface area (Å²) in [7, 11) is 0. The lowest BCUT2D eigenvalue weighted by Crippen LogP contribution is -2.05. The molecule has 102 valence electrons. The minimum absolute atomic E-state index is 0.255. The van der Waals surface area contributed by atoms with Gasteiger partial charge in [-0.15, -0.1) is 11.6 Å². The second kappa shape index (κ2) is 5.04. The van der Waals surface area contributed by atoms with Crippen molar-refractivity contribution in [3.8, 4) is 5.69 Å². The lowest BCUT2D eigenvalue weighted by molar-refractivity contribution is 0.616. The summed E-state index contributed by atoms with van der Waals surface area (Å²) in [6, 6.07) is 6.31. The van der Waals surface area contributed by atoms with E-state index in [9.17, 15) is 4.39 Å². The van der Waals surface area contributed by atoms with Crippen molar-refractivity contribution in [2.75, 3.05) is 0 Å². The summed E-state index contributed by atoms with van der Waals surface area (Å²) in [5.74, 6) is 0.105. The Hall–Kier alpha value is -1.65. The summed E-state index contributed by atoms with van der Waals surface area (Å²) in [6.45, 7) is 1.78. The lowest BCUT2D eigenvalue weighted by Gasteiger charge is -2.13. The molecule has 3 aromatic rings. The molecule has 0 N–H and O–H groups in total. The molecule has 1 atom stereocenters. The number of alkyl halides is 1. The molecule has 2 aromatic heterocycles. The van der Waals surface area contributed by atoms with Crippen molar-refractivity contribution in [2.45, 2.75) is 12.3 Å². The van der Waals surface area contributed by atoms with Crippen molar-refractivity contribution < 1.29 is 4.39 Å². The van der Waals surface area contributed by atoms with E-state index in [4.69, 9.17) is 23.2 Å². The van der Waals surface area contributed by atoms with Crippen LogP contribution in [0.5, 0.6) is 0 Å². The molecule has 3 nitrogen and oxygen atoms in total. The molecule has 0 aliphatic heterocycles. The van der Waals surface area contributed by atoms with Crippen LogP contribution in [0.2, 0.25) is 5.02 Å². The molecular formula is C14H10Cl2FN3. The number of rotatable bonds is 2. The zero-order valence-electron chi connectivity index (χ0n) is 10.5. The van der Waals surface area contributed by atoms with Crippen LogP contribution in [0, 0.1) is 5.82 Å². The van der Waals surface area contributed by atoms with Gasteiger partial charge >= 0.3 is 0 Å². The number of hydrogen-bond donors (Lipinski definition) is 0. The van der Waals surface area contributed by atoms with Gasteiger partial charge in [0.1, 0.15) is 22.8 Å². The van der Waals surface area contributed by atoms with Crippen molar-refractivity contribution in [2.24, 2.45) is 0 Å². The molecule has 0 amide bonds. The van der Waals surface area contributed by atoms with E-state index in [2.05, 4.69) is 9.97 Å². The highest BCUT2D eigenvalue weighted by Crippen LogP contribution is 2.32. The molecule has 0 spiro atoms. The summed E-state index contributed by atoms with van der Waals surface area (Å²) < 4.78 is 15.8. The van der Waals surface area contributed by atoms with Gasteiger partial charge in [-0.2, -0.15) is 0 Å².